The molecule has 2 rings (SSSR count). The van der Waals surface area contributed by atoms with Crippen LogP contribution in [-0.4, -0.2) is 19.3 Å². The van der Waals surface area contributed by atoms with E-state index in [0.717, 1.165) is 18.3 Å². The van der Waals surface area contributed by atoms with E-state index in [1.807, 2.05) is 48.5 Å². The highest BCUT2D eigenvalue weighted by molar-refractivity contribution is 5.84. The zero-order valence-electron chi connectivity index (χ0n) is 12.7. The lowest BCUT2D eigenvalue weighted by atomic mass is 9.85. The van der Waals surface area contributed by atoms with Gasteiger partial charge in [-0.3, -0.25) is 4.99 Å². The molecule has 4 heteroatoms. The zero-order chi connectivity index (χ0) is 15.8. The predicted octanol–water partition coefficient (Wildman–Crippen LogP) is 2.25. The molecule has 0 aliphatic heterocycles. The Morgan fingerprint density at radius 1 is 1.14 bits per heavy atom. The topological polar surface area (TPSA) is 67.5 Å². The van der Waals surface area contributed by atoms with Gasteiger partial charge in [0.05, 0.1) is 0 Å². The van der Waals surface area contributed by atoms with Crippen LogP contribution in [0, 0.1) is 0 Å². The van der Waals surface area contributed by atoms with Crippen LogP contribution in [0.2, 0.25) is 0 Å². The summed E-state index contributed by atoms with van der Waals surface area (Å²) in [6.07, 6.45) is 2.28. The van der Waals surface area contributed by atoms with Crippen LogP contribution in [0.15, 0.2) is 65.7 Å². The van der Waals surface area contributed by atoms with Gasteiger partial charge in [0, 0.05) is 7.05 Å². The minimum Gasteiger partial charge on any atom is -0.370 e. The van der Waals surface area contributed by atoms with E-state index < -0.39 is 5.54 Å². The van der Waals surface area contributed by atoms with Crippen LogP contribution < -0.4 is 11.1 Å². The summed E-state index contributed by atoms with van der Waals surface area (Å²) in [6, 6.07) is 19.7. The summed E-state index contributed by atoms with van der Waals surface area (Å²) < 4.78 is 0. The molecule has 0 aliphatic carbocycles. The Labute approximate surface area is 131 Å². The standard InChI is InChI=1S/C18H21N3O/c1-20-17(19)21-18(14-22,16-10-6-3-7-11-16)13-12-15-8-4-2-5-9-15/h2-11,14H,12-13H2,1H3,(H3,19,20,21). The summed E-state index contributed by atoms with van der Waals surface area (Å²) >= 11 is 0. The number of carbonyl (C=O) groups is 1. The number of nitrogens with one attached hydrogen (secondary N) is 1. The molecule has 0 bridgehead atoms. The average Bonchev–Trinajstić information content (AvgIpc) is 2.60. The first kappa shape index (κ1) is 15.8. The number of aldehydes is 1. The van der Waals surface area contributed by atoms with Crippen molar-refractivity contribution < 1.29 is 4.79 Å². The molecule has 0 fully saturated rings. The summed E-state index contributed by atoms with van der Waals surface area (Å²) in [5.41, 5.74) is 7.01. The molecule has 0 saturated heterocycles. The van der Waals surface area contributed by atoms with Gasteiger partial charge in [-0.1, -0.05) is 60.7 Å². The number of hydrogen-bond donors (Lipinski definition) is 2. The number of rotatable bonds is 6. The van der Waals surface area contributed by atoms with Gasteiger partial charge in [-0.2, -0.15) is 0 Å². The fourth-order valence-electron chi connectivity index (χ4n) is 2.44. The number of nitrogens with zero attached hydrogens (tertiary/aromatic N) is 1. The molecule has 4 nitrogen and oxygen atoms in total. The third kappa shape index (κ3) is 3.73. The van der Waals surface area contributed by atoms with E-state index >= 15 is 0 Å². The molecular weight excluding hydrogens is 274 g/mol. The Hall–Kier alpha value is -2.62. The fraction of sp³-hybridized carbons (Fsp3) is 0.222. The van der Waals surface area contributed by atoms with E-state index in [1.54, 1.807) is 7.05 Å². The number of guanidine groups is 1. The van der Waals surface area contributed by atoms with Crippen LogP contribution in [0.1, 0.15) is 17.5 Å². The minimum absolute atomic E-state index is 0.254. The summed E-state index contributed by atoms with van der Waals surface area (Å²) in [4.78, 5) is 15.9. The zero-order valence-corrected chi connectivity index (χ0v) is 12.7. The number of hydrogen-bond acceptors (Lipinski definition) is 2. The van der Waals surface area contributed by atoms with Gasteiger partial charge >= 0.3 is 0 Å². The molecule has 1 atom stereocenters. The lowest BCUT2D eigenvalue weighted by Gasteiger charge is -2.30. The number of aliphatic imine (C=N–C) groups is 1. The lowest BCUT2D eigenvalue weighted by Crippen LogP contribution is -2.50. The highest BCUT2D eigenvalue weighted by Crippen LogP contribution is 2.25. The van der Waals surface area contributed by atoms with E-state index in [-0.39, 0.29) is 5.96 Å². The van der Waals surface area contributed by atoms with Gasteiger partial charge in [-0.25, -0.2) is 0 Å². The monoisotopic (exact) mass is 295 g/mol. The van der Waals surface area contributed by atoms with Crippen LogP contribution in [-0.2, 0) is 16.8 Å². The Kier molecular flexibility index (Phi) is 5.31. The summed E-state index contributed by atoms with van der Waals surface area (Å²) in [5, 5.41) is 3.08. The third-order valence-corrected chi connectivity index (χ3v) is 3.73. The van der Waals surface area contributed by atoms with Gasteiger partial charge in [-0.05, 0) is 24.0 Å². The molecule has 0 radical (unpaired) electrons. The number of nitrogens with two attached hydrogens (primary N) is 1. The molecule has 0 amide bonds. The van der Waals surface area contributed by atoms with Crippen molar-refractivity contribution in [2.75, 3.05) is 7.05 Å². The van der Waals surface area contributed by atoms with Crippen molar-refractivity contribution in [2.24, 2.45) is 10.7 Å². The molecule has 3 N–H and O–H groups in total. The van der Waals surface area contributed by atoms with E-state index in [9.17, 15) is 4.79 Å². The van der Waals surface area contributed by atoms with Crippen molar-refractivity contribution in [3.8, 4) is 0 Å². The summed E-state index contributed by atoms with van der Waals surface area (Å²) in [5.74, 6) is 0.254. The molecule has 2 aromatic carbocycles. The van der Waals surface area contributed by atoms with Crippen LogP contribution in [0.4, 0.5) is 0 Å². The van der Waals surface area contributed by atoms with Crippen molar-refractivity contribution in [1.82, 2.24) is 5.32 Å². The van der Waals surface area contributed by atoms with Crippen LogP contribution in [0.5, 0.6) is 0 Å². The largest absolute Gasteiger partial charge is 0.370 e. The van der Waals surface area contributed by atoms with Gasteiger partial charge in [0.1, 0.15) is 11.8 Å². The summed E-state index contributed by atoms with van der Waals surface area (Å²) in [7, 11) is 1.60. The highest BCUT2D eigenvalue weighted by atomic mass is 16.1. The molecule has 0 saturated carbocycles. The maximum absolute atomic E-state index is 11.9. The van der Waals surface area contributed by atoms with E-state index in [0.29, 0.717) is 6.42 Å². The van der Waals surface area contributed by atoms with Crippen LogP contribution in [0.25, 0.3) is 0 Å². The van der Waals surface area contributed by atoms with Crippen LogP contribution in [0.3, 0.4) is 0 Å². The maximum atomic E-state index is 11.9. The fourth-order valence-corrected chi connectivity index (χ4v) is 2.44. The van der Waals surface area contributed by atoms with Crippen molar-refractivity contribution in [3.63, 3.8) is 0 Å². The summed E-state index contributed by atoms with van der Waals surface area (Å²) in [6.45, 7) is 0. The molecule has 2 aromatic rings. The smallest absolute Gasteiger partial charge is 0.189 e. The molecule has 0 aliphatic rings. The number of benzene rings is 2. The Bertz CT molecular complexity index is 625. The third-order valence-electron chi connectivity index (χ3n) is 3.73. The molecule has 22 heavy (non-hydrogen) atoms. The molecule has 0 heterocycles. The first-order valence-electron chi connectivity index (χ1n) is 7.26. The molecule has 1 unspecified atom stereocenters. The normalized spacial score (nSPS) is 14.1. The second kappa shape index (κ2) is 7.41. The molecular formula is C18H21N3O. The molecule has 0 spiro atoms. The van der Waals surface area contributed by atoms with E-state index in [1.165, 1.54) is 5.56 Å². The first-order valence-corrected chi connectivity index (χ1v) is 7.26. The van der Waals surface area contributed by atoms with Gasteiger partial charge in [0.2, 0.25) is 0 Å². The van der Waals surface area contributed by atoms with Crippen molar-refractivity contribution in [2.45, 2.75) is 18.4 Å². The maximum Gasteiger partial charge on any atom is 0.189 e. The van der Waals surface area contributed by atoms with Crippen LogP contribution >= 0.6 is 0 Å². The SMILES string of the molecule is CN=C(N)NC(C=O)(CCc1ccccc1)c1ccccc1. The molecule has 114 valence electrons. The Morgan fingerprint density at radius 2 is 1.73 bits per heavy atom. The quantitative estimate of drug-likeness (QED) is 0.488. The first-order chi connectivity index (χ1) is 10.7. The van der Waals surface area contributed by atoms with Crippen molar-refractivity contribution >= 4 is 12.2 Å². The minimum atomic E-state index is -0.874. The number of carbonyl (C=O) groups excluding carboxylic acids is 1. The van der Waals surface area contributed by atoms with Gasteiger partial charge in [0.15, 0.2) is 5.96 Å². The van der Waals surface area contributed by atoms with Crippen molar-refractivity contribution in [3.05, 3.63) is 71.8 Å². The van der Waals surface area contributed by atoms with Crippen molar-refractivity contribution in [1.29, 1.82) is 0 Å². The van der Waals surface area contributed by atoms with Gasteiger partial charge < -0.3 is 15.8 Å². The number of aryl methyl sites for hydroxylation is 1. The highest BCUT2D eigenvalue weighted by Gasteiger charge is 2.32. The Balaban J connectivity index is 2.29. The van der Waals surface area contributed by atoms with E-state index in [2.05, 4.69) is 22.4 Å². The Morgan fingerprint density at radius 3 is 2.27 bits per heavy atom. The van der Waals surface area contributed by atoms with E-state index in [4.69, 9.17) is 5.73 Å². The predicted molar refractivity (Wildman–Crippen MR) is 89.6 cm³/mol. The second-order valence-electron chi connectivity index (χ2n) is 5.17. The average molecular weight is 295 g/mol. The van der Waals surface area contributed by atoms with Gasteiger partial charge in [0.25, 0.3) is 0 Å². The second-order valence-corrected chi connectivity index (χ2v) is 5.17. The lowest BCUT2D eigenvalue weighted by molar-refractivity contribution is -0.113. The van der Waals surface area contributed by atoms with Gasteiger partial charge in [-0.15, -0.1) is 0 Å². The molecule has 0 aromatic heterocycles.